The number of fused-ring (bicyclic) bond motifs is 1. The summed E-state index contributed by atoms with van der Waals surface area (Å²) in [4.78, 5) is 21.9. The summed E-state index contributed by atoms with van der Waals surface area (Å²) in [6.45, 7) is 6.87. The molecule has 1 amide bonds. The highest BCUT2D eigenvalue weighted by Crippen LogP contribution is 2.34. The van der Waals surface area contributed by atoms with Crippen LogP contribution < -0.4 is 0 Å². The molecule has 1 aromatic rings. The molecule has 0 bridgehead atoms. The fraction of sp³-hybridized carbons (Fsp3) is 0.778. The van der Waals surface area contributed by atoms with Crippen molar-refractivity contribution in [1.82, 2.24) is 14.8 Å². The summed E-state index contributed by atoms with van der Waals surface area (Å²) in [7, 11) is 0. The number of aromatic nitrogens is 1. The van der Waals surface area contributed by atoms with Crippen molar-refractivity contribution in [2.24, 2.45) is 5.92 Å². The fourth-order valence-corrected chi connectivity index (χ4v) is 5.19. The molecule has 3 aliphatic heterocycles. The molecular formula is C18H27N3O2S. The van der Waals surface area contributed by atoms with E-state index in [0.717, 1.165) is 49.2 Å². The maximum Gasteiger partial charge on any atom is 0.223 e. The number of hydrogen-bond acceptors (Lipinski definition) is 5. The molecule has 2 atom stereocenters. The number of hydrogen-bond donors (Lipinski definition) is 0. The van der Waals surface area contributed by atoms with Crippen molar-refractivity contribution in [2.75, 3.05) is 26.3 Å². The van der Waals surface area contributed by atoms with E-state index in [4.69, 9.17) is 4.74 Å². The molecule has 0 aromatic carbocycles. The Morgan fingerprint density at radius 2 is 2.08 bits per heavy atom. The number of carbonyl (C=O) groups is 1. The first-order valence-corrected chi connectivity index (χ1v) is 10.1. The molecule has 3 aliphatic rings. The Kier molecular flexibility index (Phi) is 4.88. The van der Waals surface area contributed by atoms with Gasteiger partial charge in [0.25, 0.3) is 0 Å². The van der Waals surface area contributed by atoms with Gasteiger partial charge in [-0.25, -0.2) is 4.98 Å². The molecule has 0 aliphatic carbocycles. The normalized spacial score (nSPS) is 29.2. The Hall–Kier alpha value is -0.980. The standard InChI is InChI=1S/C18H27N3O2S/c1-13-19-15(12-24-13)11-21-17-4-7-20(16(17)2-3-18(21)22)10-14-5-8-23-9-6-14/h12,14,16-17H,2-11H2,1H3/t16-,17-/m1/s1. The van der Waals surface area contributed by atoms with Gasteiger partial charge in [-0.15, -0.1) is 11.3 Å². The van der Waals surface area contributed by atoms with Crippen molar-refractivity contribution in [3.05, 3.63) is 16.1 Å². The maximum atomic E-state index is 12.5. The van der Waals surface area contributed by atoms with E-state index in [9.17, 15) is 4.79 Å². The number of carbonyl (C=O) groups excluding carboxylic acids is 1. The summed E-state index contributed by atoms with van der Waals surface area (Å²) in [5.74, 6) is 1.08. The van der Waals surface area contributed by atoms with E-state index >= 15 is 0 Å². The van der Waals surface area contributed by atoms with Gasteiger partial charge < -0.3 is 9.64 Å². The number of likely N-dealkylation sites (tertiary alicyclic amines) is 2. The molecule has 132 valence electrons. The zero-order valence-corrected chi connectivity index (χ0v) is 15.3. The van der Waals surface area contributed by atoms with Crippen LogP contribution >= 0.6 is 11.3 Å². The zero-order valence-electron chi connectivity index (χ0n) is 14.4. The topological polar surface area (TPSA) is 45.7 Å². The molecule has 4 rings (SSSR count). The molecular weight excluding hydrogens is 322 g/mol. The van der Waals surface area contributed by atoms with Crippen molar-refractivity contribution in [3.8, 4) is 0 Å². The predicted molar refractivity (Wildman–Crippen MR) is 93.9 cm³/mol. The van der Waals surface area contributed by atoms with Crippen molar-refractivity contribution in [1.29, 1.82) is 0 Å². The number of piperidine rings is 1. The Morgan fingerprint density at radius 1 is 1.25 bits per heavy atom. The highest BCUT2D eigenvalue weighted by atomic mass is 32.1. The third-order valence-corrected chi connectivity index (χ3v) is 6.65. The lowest BCUT2D eigenvalue weighted by atomic mass is 9.94. The quantitative estimate of drug-likeness (QED) is 0.838. The number of thiazole rings is 1. The van der Waals surface area contributed by atoms with Crippen molar-refractivity contribution >= 4 is 17.2 Å². The summed E-state index contributed by atoms with van der Waals surface area (Å²) >= 11 is 1.67. The van der Waals surface area contributed by atoms with Gasteiger partial charge >= 0.3 is 0 Å². The van der Waals surface area contributed by atoms with Crippen LogP contribution in [0.5, 0.6) is 0 Å². The van der Waals surface area contributed by atoms with Crippen LogP contribution in [0, 0.1) is 12.8 Å². The van der Waals surface area contributed by atoms with Crippen LogP contribution in [0.2, 0.25) is 0 Å². The Labute approximate surface area is 148 Å². The molecule has 1 aromatic heterocycles. The van der Waals surface area contributed by atoms with Crippen LogP contribution in [-0.4, -0.2) is 59.1 Å². The Bertz CT molecular complexity index is 585. The molecule has 4 heterocycles. The average molecular weight is 350 g/mol. The van der Waals surface area contributed by atoms with E-state index in [2.05, 4.69) is 20.2 Å². The van der Waals surface area contributed by atoms with E-state index in [1.54, 1.807) is 11.3 Å². The Balaban J connectivity index is 1.42. The van der Waals surface area contributed by atoms with Crippen LogP contribution in [0.15, 0.2) is 5.38 Å². The number of aryl methyl sites for hydroxylation is 1. The maximum absolute atomic E-state index is 12.5. The lowest BCUT2D eigenvalue weighted by Gasteiger charge is -2.40. The van der Waals surface area contributed by atoms with Gasteiger partial charge in [0.1, 0.15) is 0 Å². The van der Waals surface area contributed by atoms with E-state index in [1.807, 2.05) is 6.92 Å². The van der Waals surface area contributed by atoms with Gasteiger partial charge in [0, 0.05) is 50.2 Å². The molecule has 3 saturated heterocycles. The molecule has 6 heteroatoms. The minimum absolute atomic E-state index is 0.315. The van der Waals surface area contributed by atoms with Gasteiger partial charge in [0.15, 0.2) is 0 Å². The van der Waals surface area contributed by atoms with E-state index in [1.165, 1.54) is 19.4 Å². The average Bonchev–Trinajstić information content (AvgIpc) is 3.18. The molecule has 24 heavy (non-hydrogen) atoms. The molecule has 0 saturated carbocycles. The second-order valence-corrected chi connectivity index (χ2v) is 8.45. The summed E-state index contributed by atoms with van der Waals surface area (Å²) in [6, 6.07) is 0.929. The van der Waals surface area contributed by atoms with Crippen LogP contribution in [0.4, 0.5) is 0 Å². The predicted octanol–water partition coefficient (Wildman–Crippen LogP) is 2.44. The summed E-state index contributed by atoms with van der Waals surface area (Å²) in [5, 5.41) is 3.18. The van der Waals surface area contributed by atoms with E-state index in [0.29, 0.717) is 31.0 Å². The van der Waals surface area contributed by atoms with E-state index < -0.39 is 0 Å². The van der Waals surface area contributed by atoms with Gasteiger partial charge in [-0.1, -0.05) is 0 Å². The lowest BCUT2D eigenvalue weighted by Crippen LogP contribution is -2.52. The van der Waals surface area contributed by atoms with Crippen LogP contribution in [0.1, 0.15) is 42.8 Å². The minimum Gasteiger partial charge on any atom is -0.381 e. The smallest absolute Gasteiger partial charge is 0.223 e. The second kappa shape index (κ2) is 7.10. The van der Waals surface area contributed by atoms with Crippen LogP contribution in [0.3, 0.4) is 0 Å². The summed E-state index contributed by atoms with van der Waals surface area (Å²) in [6.07, 6.45) is 5.21. The van der Waals surface area contributed by atoms with Crippen molar-refractivity contribution in [3.63, 3.8) is 0 Å². The molecule has 0 radical (unpaired) electrons. The van der Waals surface area contributed by atoms with Crippen molar-refractivity contribution < 1.29 is 9.53 Å². The molecule has 3 fully saturated rings. The number of rotatable bonds is 4. The third kappa shape index (κ3) is 3.37. The highest BCUT2D eigenvalue weighted by molar-refractivity contribution is 7.09. The lowest BCUT2D eigenvalue weighted by molar-refractivity contribution is -0.138. The minimum atomic E-state index is 0.315. The van der Waals surface area contributed by atoms with Gasteiger partial charge in [0.05, 0.1) is 17.2 Å². The molecule has 5 nitrogen and oxygen atoms in total. The van der Waals surface area contributed by atoms with Gasteiger partial charge in [0.2, 0.25) is 5.91 Å². The first-order valence-electron chi connectivity index (χ1n) is 9.23. The fourth-order valence-electron chi connectivity index (χ4n) is 4.59. The molecule has 0 N–H and O–H groups in total. The first-order chi connectivity index (χ1) is 11.7. The SMILES string of the molecule is Cc1nc(CN2C(=O)CC[C@@H]3[C@H]2CCN3CC2CCOCC2)cs1. The first kappa shape index (κ1) is 16.5. The van der Waals surface area contributed by atoms with Gasteiger partial charge in [-0.05, 0) is 38.5 Å². The number of amides is 1. The van der Waals surface area contributed by atoms with Gasteiger partial charge in [-0.2, -0.15) is 0 Å². The molecule has 0 spiro atoms. The summed E-state index contributed by atoms with van der Waals surface area (Å²) < 4.78 is 5.49. The van der Waals surface area contributed by atoms with Crippen molar-refractivity contribution in [2.45, 2.75) is 57.7 Å². The number of nitrogens with zero attached hydrogens (tertiary/aromatic N) is 3. The van der Waals surface area contributed by atoms with E-state index in [-0.39, 0.29) is 0 Å². The van der Waals surface area contributed by atoms with Gasteiger partial charge in [-0.3, -0.25) is 9.69 Å². The number of ether oxygens (including phenoxy) is 1. The van der Waals surface area contributed by atoms with Crippen LogP contribution in [0.25, 0.3) is 0 Å². The second-order valence-electron chi connectivity index (χ2n) is 7.39. The molecule has 0 unspecified atom stereocenters. The highest BCUT2D eigenvalue weighted by Gasteiger charge is 2.43. The third-order valence-electron chi connectivity index (χ3n) is 5.83. The summed E-state index contributed by atoms with van der Waals surface area (Å²) in [5.41, 5.74) is 1.05. The monoisotopic (exact) mass is 349 g/mol. The largest absolute Gasteiger partial charge is 0.381 e. The zero-order chi connectivity index (χ0) is 16.5. The Morgan fingerprint density at radius 3 is 2.83 bits per heavy atom. The van der Waals surface area contributed by atoms with Crippen LogP contribution in [-0.2, 0) is 16.1 Å².